The van der Waals surface area contributed by atoms with Crippen LogP contribution in [0.2, 0.25) is 0 Å². The third-order valence-corrected chi connectivity index (χ3v) is 3.54. The Bertz CT molecular complexity index is 188. The minimum atomic E-state index is -0.693. The number of unbranched alkanes of at least 4 members (excludes halogenated alkanes) is 1. The van der Waals surface area contributed by atoms with Crippen molar-refractivity contribution >= 4 is 5.97 Å². The van der Waals surface area contributed by atoms with Gasteiger partial charge < -0.3 is 9.59 Å². The van der Waals surface area contributed by atoms with Crippen LogP contribution in [0.3, 0.4) is 0 Å². The van der Waals surface area contributed by atoms with Gasteiger partial charge >= 0.3 is 5.97 Å². The second kappa shape index (κ2) is 14.8. The van der Waals surface area contributed by atoms with Crippen molar-refractivity contribution in [2.24, 2.45) is 0 Å². The molecule has 0 atom stereocenters. The van der Waals surface area contributed by atoms with Crippen molar-refractivity contribution in [3.63, 3.8) is 0 Å². The molecule has 0 unspecified atom stereocenters. The molecule has 1 N–H and O–H groups in total. The zero-order chi connectivity index (χ0) is 15.9. The molecule has 122 valence electrons. The highest BCUT2D eigenvalue weighted by Gasteiger charge is 2.22. The Morgan fingerprint density at radius 1 is 0.750 bits per heavy atom. The first-order chi connectivity index (χ1) is 9.51. The Balaban J connectivity index is 0. The van der Waals surface area contributed by atoms with E-state index in [1.807, 2.05) is 6.92 Å². The maximum Gasteiger partial charge on any atom is 0.303 e. The zero-order valence-corrected chi connectivity index (χ0v) is 14.6. The maximum absolute atomic E-state index is 9.76. The molecule has 0 aliphatic heterocycles. The van der Waals surface area contributed by atoms with E-state index in [1.54, 1.807) is 0 Å². The SMILES string of the molecule is CCCCC(=O)O.CCC[N+](CCC)(CCC)CCC. The van der Waals surface area contributed by atoms with Crippen molar-refractivity contribution in [3.05, 3.63) is 0 Å². The van der Waals surface area contributed by atoms with Gasteiger partial charge in [0.25, 0.3) is 0 Å². The van der Waals surface area contributed by atoms with E-state index in [2.05, 4.69) is 27.7 Å². The number of rotatable bonds is 11. The largest absolute Gasteiger partial charge is 0.481 e. The van der Waals surface area contributed by atoms with Gasteiger partial charge in [-0.15, -0.1) is 0 Å². The number of carbonyl (C=O) groups is 1. The number of hydrogen-bond donors (Lipinski definition) is 1. The molecular formula is C17H38NO2+. The van der Waals surface area contributed by atoms with Gasteiger partial charge in [0.2, 0.25) is 0 Å². The topological polar surface area (TPSA) is 37.3 Å². The molecule has 0 radical (unpaired) electrons. The highest BCUT2D eigenvalue weighted by atomic mass is 16.4. The lowest BCUT2D eigenvalue weighted by atomic mass is 10.2. The number of aliphatic carboxylic acids is 1. The maximum atomic E-state index is 9.76. The molecule has 3 heteroatoms. The quantitative estimate of drug-likeness (QED) is 0.559. The Kier molecular flexibility index (Phi) is 16.1. The van der Waals surface area contributed by atoms with Crippen LogP contribution in [-0.2, 0) is 4.79 Å². The molecule has 0 aromatic heterocycles. The van der Waals surface area contributed by atoms with E-state index >= 15 is 0 Å². The van der Waals surface area contributed by atoms with Crippen LogP contribution >= 0.6 is 0 Å². The van der Waals surface area contributed by atoms with Gasteiger partial charge in [-0.3, -0.25) is 4.79 Å². The van der Waals surface area contributed by atoms with Crippen molar-refractivity contribution in [2.45, 2.75) is 79.6 Å². The van der Waals surface area contributed by atoms with Crippen LogP contribution in [0.15, 0.2) is 0 Å². The molecule has 0 heterocycles. The summed E-state index contributed by atoms with van der Waals surface area (Å²) in [7, 11) is 0. The number of quaternary nitrogens is 1. The smallest absolute Gasteiger partial charge is 0.303 e. The summed E-state index contributed by atoms with van der Waals surface area (Å²) in [5.74, 6) is -0.693. The third-order valence-electron chi connectivity index (χ3n) is 3.54. The molecule has 0 rings (SSSR count). The summed E-state index contributed by atoms with van der Waals surface area (Å²) in [5.41, 5.74) is 0. The molecule has 0 fully saturated rings. The van der Waals surface area contributed by atoms with Crippen LogP contribution in [-0.4, -0.2) is 41.7 Å². The highest BCUT2D eigenvalue weighted by molar-refractivity contribution is 5.66. The molecular weight excluding hydrogens is 250 g/mol. The van der Waals surface area contributed by atoms with Crippen molar-refractivity contribution in [2.75, 3.05) is 26.2 Å². The fraction of sp³-hybridized carbons (Fsp3) is 0.941. The summed E-state index contributed by atoms with van der Waals surface area (Å²) in [6.07, 6.45) is 7.41. The summed E-state index contributed by atoms with van der Waals surface area (Å²) in [4.78, 5) is 9.76. The second-order valence-corrected chi connectivity index (χ2v) is 5.73. The molecule has 0 saturated heterocycles. The average Bonchev–Trinajstić information content (AvgIpc) is 2.38. The Morgan fingerprint density at radius 2 is 1.10 bits per heavy atom. The van der Waals surface area contributed by atoms with Gasteiger partial charge in [0.1, 0.15) is 0 Å². The molecule has 0 bridgehead atoms. The van der Waals surface area contributed by atoms with Crippen molar-refractivity contribution in [3.8, 4) is 0 Å². The van der Waals surface area contributed by atoms with E-state index in [0.29, 0.717) is 6.42 Å². The lowest BCUT2D eigenvalue weighted by molar-refractivity contribution is -0.928. The molecule has 0 aromatic carbocycles. The van der Waals surface area contributed by atoms with Crippen LogP contribution in [0.5, 0.6) is 0 Å². The molecule has 0 aliphatic rings. The van der Waals surface area contributed by atoms with E-state index in [9.17, 15) is 4.79 Å². The van der Waals surface area contributed by atoms with E-state index in [4.69, 9.17) is 5.11 Å². The number of hydrogen-bond acceptors (Lipinski definition) is 1. The molecule has 0 aromatic rings. The second-order valence-electron chi connectivity index (χ2n) is 5.73. The fourth-order valence-corrected chi connectivity index (χ4v) is 2.90. The lowest BCUT2D eigenvalue weighted by Gasteiger charge is -2.38. The minimum Gasteiger partial charge on any atom is -0.481 e. The summed E-state index contributed by atoms with van der Waals surface area (Å²) in [6.45, 7) is 16.8. The van der Waals surface area contributed by atoms with Gasteiger partial charge in [0.05, 0.1) is 26.2 Å². The highest BCUT2D eigenvalue weighted by Crippen LogP contribution is 2.12. The predicted molar refractivity (Wildman–Crippen MR) is 88.1 cm³/mol. The van der Waals surface area contributed by atoms with Gasteiger partial charge in [0.15, 0.2) is 0 Å². The minimum absolute atomic E-state index is 0.316. The predicted octanol–water partition coefficient (Wildman–Crippen LogP) is 4.70. The van der Waals surface area contributed by atoms with Crippen LogP contribution in [0, 0.1) is 0 Å². The van der Waals surface area contributed by atoms with E-state index in [-0.39, 0.29) is 0 Å². The summed E-state index contributed by atoms with van der Waals surface area (Å²) in [5, 5.41) is 8.04. The first kappa shape index (κ1) is 21.7. The van der Waals surface area contributed by atoms with Gasteiger partial charge in [-0.1, -0.05) is 41.0 Å². The van der Waals surface area contributed by atoms with Gasteiger partial charge in [-0.25, -0.2) is 0 Å². The molecule has 0 saturated carbocycles. The lowest BCUT2D eigenvalue weighted by Crippen LogP contribution is -2.50. The molecule has 0 aliphatic carbocycles. The van der Waals surface area contributed by atoms with Gasteiger partial charge in [-0.05, 0) is 32.1 Å². The van der Waals surface area contributed by atoms with E-state index < -0.39 is 5.97 Å². The standard InChI is InChI=1S/C12H28N.C5H10O2/c1-5-9-13(10-6-2,11-7-3)12-8-4;1-2-3-4-5(6)7/h5-12H2,1-4H3;2-4H2,1H3,(H,6,7)/q+1;. The van der Waals surface area contributed by atoms with Crippen LogP contribution in [0.1, 0.15) is 79.6 Å². The summed E-state index contributed by atoms with van der Waals surface area (Å²) < 4.78 is 1.38. The van der Waals surface area contributed by atoms with E-state index in [1.165, 1.54) is 56.3 Å². The number of carboxylic acid groups (broad SMARTS) is 1. The van der Waals surface area contributed by atoms with Gasteiger partial charge in [0, 0.05) is 6.42 Å². The molecule has 0 spiro atoms. The van der Waals surface area contributed by atoms with E-state index in [0.717, 1.165) is 12.8 Å². The van der Waals surface area contributed by atoms with Crippen LogP contribution in [0.4, 0.5) is 0 Å². The zero-order valence-electron chi connectivity index (χ0n) is 14.6. The van der Waals surface area contributed by atoms with Crippen LogP contribution in [0.25, 0.3) is 0 Å². The van der Waals surface area contributed by atoms with Gasteiger partial charge in [-0.2, -0.15) is 0 Å². The molecule has 20 heavy (non-hydrogen) atoms. The summed E-state index contributed by atoms with van der Waals surface area (Å²) in [6, 6.07) is 0. The average molecular weight is 288 g/mol. The third kappa shape index (κ3) is 12.5. The Hall–Kier alpha value is -0.570. The van der Waals surface area contributed by atoms with Crippen molar-refractivity contribution in [1.29, 1.82) is 0 Å². The molecule has 3 nitrogen and oxygen atoms in total. The fourth-order valence-electron chi connectivity index (χ4n) is 2.90. The monoisotopic (exact) mass is 288 g/mol. The first-order valence-corrected chi connectivity index (χ1v) is 8.58. The van der Waals surface area contributed by atoms with Crippen molar-refractivity contribution < 1.29 is 14.4 Å². The van der Waals surface area contributed by atoms with Crippen molar-refractivity contribution in [1.82, 2.24) is 0 Å². The normalized spacial score (nSPS) is 10.8. The molecule has 0 amide bonds. The number of carboxylic acids is 1. The van der Waals surface area contributed by atoms with Crippen LogP contribution < -0.4 is 0 Å². The first-order valence-electron chi connectivity index (χ1n) is 8.58. The summed E-state index contributed by atoms with van der Waals surface area (Å²) >= 11 is 0. The Labute approximate surface area is 127 Å². The number of nitrogens with zero attached hydrogens (tertiary/aromatic N) is 1. The Morgan fingerprint density at radius 3 is 1.25 bits per heavy atom.